The van der Waals surface area contributed by atoms with E-state index in [1.807, 2.05) is 24.6 Å². The van der Waals surface area contributed by atoms with Crippen molar-refractivity contribution in [2.75, 3.05) is 24.6 Å². The molecule has 0 unspecified atom stereocenters. The number of carbonyl (C=O) groups excluding carboxylic acids is 1. The molecular formula is C14H26N2OS2. The van der Waals surface area contributed by atoms with Crippen LogP contribution in [0.25, 0.3) is 0 Å². The number of hydrogen-bond donors (Lipinski definition) is 2. The first-order valence-corrected chi connectivity index (χ1v) is 9.24. The van der Waals surface area contributed by atoms with E-state index >= 15 is 0 Å². The van der Waals surface area contributed by atoms with Gasteiger partial charge in [-0.2, -0.15) is 0 Å². The topological polar surface area (TPSA) is 41.1 Å². The van der Waals surface area contributed by atoms with Crippen molar-refractivity contribution >= 4 is 27.5 Å². The molecule has 0 bridgehead atoms. The van der Waals surface area contributed by atoms with E-state index in [1.165, 1.54) is 0 Å². The van der Waals surface area contributed by atoms with Gasteiger partial charge in [-0.15, -0.1) is 0 Å². The Balaban J connectivity index is 3.33. The average Bonchev–Trinajstić information content (AvgIpc) is 2.33. The van der Waals surface area contributed by atoms with Gasteiger partial charge in [-0.25, -0.2) is 0 Å². The number of rotatable bonds is 9. The lowest BCUT2D eigenvalue weighted by atomic mass is 10.2. The van der Waals surface area contributed by atoms with Crippen molar-refractivity contribution in [2.24, 2.45) is 5.92 Å². The van der Waals surface area contributed by atoms with Crippen LogP contribution >= 0.6 is 21.6 Å². The minimum absolute atomic E-state index is 0.0893. The Morgan fingerprint density at radius 1 is 1.16 bits per heavy atom. The maximum Gasteiger partial charge on any atom is 0.221 e. The van der Waals surface area contributed by atoms with Gasteiger partial charge in [0.2, 0.25) is 5.91 Å². The molecule has 3 nitrogen and oxygen atoms in total. The summed E-state index contributed by atoms with van der Waals surface area (Å²) >= 11 is 0. The van der Waals surface area contributed by atoms with Crippen LogP contribution in [0, 0.1) is 17.8 Å². The zero-order valence-corrected chi connectivity index (χ0v) is 14.0. The molecular weight excluding hydrogens is 276 g/mol. The summed E-state index contributed by atoms with van der Waals surface area (Å²) in [6.45, 7) is 9.85. The summed E-state index contributed by atoms with van der Waals surface area (Å²) < 4.78 is 0. The van der Waals surface area contributed by atoms with Gasteiger partial charge in [0.1, 0.15) is 0 Å². The second kappa shape index (κ2) is 12.7. The summed E-state index contributed by atoms with van der Waals surface area (Å²) in [7, 11) is 3.57. The molecule has 1 amide bonds. The van der Waals surface area contributed by atoms with Gasteiger partial charge in [0.15, 0.2) is 0 Å². The highest BCUT2D eigenvalue weighted by molar-refractivity contribution is 8.76. The van der Waals surface area contributed by atoms with E-state index < -0.39 is 0 Å². The predicted octanol–water partition coefficient (Wildman–Crippen LogP) is 2.53. The summed E-state index contributed by atoms with van der Waals surface area (Å²) in [5, 5.41) is 6.17. The van der Waals surface area contributed by atoms with Crippen LogP contribution in [0.1, 0.15) is 34.1 Å². The second-order valence-electron chi connectivity index (χ2n) is 4.76. The molecule has 0 saturated heterocycles. The van der Waals surface area contributed by atoms with Crippen LogP contribution in [-0.2, 0) is 4.79 Å². The van der Waals surface area contributed by atoms with Crippen LogP contribution in [0.4, 0.5) is 0 Å². The number of nitrogens with one attached hydrogen (secondary N) is 2. The Morgan fingerprint density at radius 2 is 1.84 bits per heavy atom. The molecule has 0 aromatic carbocycles. The lowest BCUT2D eigenvalue weighted by Gasteiger charge is -2.06. The Morgan fingerprint density at radius 3 is 2.47 bits per heavy atom. The molecule has 5 heteroatoms. The van der Waals surface area contributed by atoms with E-state index in [9.17, 15) is 4.79 Å². The van der Waals surface area contributed by atoms with Crippen molar-refractivity contribution < 1.29 is 4.79 Å². The largest absolute Gasteiger partial charge is 0.345 e. The van der Waals surface area contributed by atoms with Crippen LogP contribution in [-0.4, -0.2) is 36.5 Å². The number of carbonyl (C=O) groups is 1. The Labute approximate surface area is 125 Å². The smallest absolute Gasteiger partial charge is 0.221 e. The summed E-state index contributed by atoms with van der Waals surface area (Å²) in [6.07, 6.45) is 0.568. The molecule has 0 spiro atoms. The maximum atomic E-state index is 11.5. The van der Waals surface area contributed by atoms with Crippen molar-refractivity contribution in [3.05, 3.63) is 0 Å². The van der Waals surface area contributed by atoms with Crippen LogP contribution in [0.3, 0.4) is 0 Å². The van der Waals surface area contributed by atoms with Crippen molar-refractivity contribution in [1.82, 2.24) is 10.6 Å². The van der Waals surface area contributed by atoms with Gasteiger partial charge in [0.25, 0.3) is 0 Å². The van der Waals surface area contributed by atoms with Crippen LogP contribution in [0.2, 0.25) is 0 Å². The SMILES string of the molecule is CC(C)C#CCNC(=O)CCSSCCNC(C)C. The lowest BCUT2D eigenvalue weighted by molar-refractivity contribution is -0.120. The molecule has 0 aromatic rings. The first-order chi connectivity index (χ1) is 9.02. The molecule has 0 atom stereocenters. The van der Waals surface area contributed by atoms with Crippen molar-refractivity contribution in [3.8, 4) is 11.8 Å². The standard InChI is InChI=1S/C14H26N2OS2/c1-12(2)6-5-8-16-14(17)7-10-18-19-11-9-15-13(3)4/h12-13,15H,7-11H2,1-4H3,(H,16,17). The summed E-state index contributed by atoms with van der Waals surface area (Å²) in [5.41, 5.74) is 0. The third-order valence-corrected chi connectivity index (χ3v) is 4.41. The molecule has 0 saturated carbocycles. The lowest BCUT2D eigenvalue weighted by Crippen LogP contribution is -2.25. The van der Waals surface area contributed by atoms with Gasteiger partial charge in [-0.3, -0.25) is 4.79 Å². The fourth-order valence-corrected chi connectivity index (χ4v) is 3.04. The van der Waals surface area contributed by atoms with Crippen molar-refractivity contribution in [3.63, 3.8) is 0 Å². The predicted molar refractivity (Wildman–Crippen MR) is 88.3 cm³/mol. The molecule has 0 radical (unpaired) electrons. The Bertz CT molecular complexity index is 296. The first kappa shape index (κ1) is 18.7. The molecule has 19 heavy (non-hydrogen) atoms. The van der Waals surface area contributed by atoms with Crippen molar-refractivity contribution in [2.45, 2.75) is 40.2 Å². The fraction of sp³-hybridized carbons (Fsp3) is 0.786. The highest BCUT2D eigenvalue weighted by Crippen LogP contribution is 2.20. The molecule has 0 heterocycles. The molecule has 2 N–H and O–H groups in total. The Hall–Kier alpha value is -0.310. The van der Waals surface area contributed by atoms with E-state index in [-0.39, 0.29) is 5.91 Å². The quantitative estimate of drug-likeness (QED) is 0.390. The molecule has 0 aliphatic carbocycles. The van der Waals surface area contributed by atoms with Gasteiger partial charge >= 0.3 is 0 Å². The van der Waals surface area contributed by atoms with Crippen molar-refractivity contribution in [1.29, 1.82) is 0 Å². The molecule has 0 rings (SSSR count). The third kappa shape index (κ3) is 15.6. The average molecular weight is 303 g/mol. The normalized spacial score (nSPS) is 10.4. The van der Waals surface area contributed by atoms with Gasteiger partial charge < -0.3 is 10.6 Å². The maximum absolute atomic E-state index is 11.5. The monoisotopic (exact) mass is 302 g/mol. The summed E-state index contributed by atoms with van der Waals surface area (Å²) in [5.74, 6) is 8.35. The van der Waals surface area contributed by atoms with Crippen LogP contribution < -0.4 is 10.6 Å². The molecule has 110 valence electrons. The van der Waals surface area contributed by atoms with Gasteiger partial charge in [0, 0.05) is 36.4 Å². The highest BCUT2D eigenvalue weighted by Gasteiger charge is 2.00. The Kier molecular flexibility index (Phi) is 12.5. The summed E-state index contributed by atoms with van der Waals surface area (Å²) in [6, 6.07) is 0.545. The van der Waals surface area contributed by atoms with Gasteiger partial charge in [-0.05, 0) is 0 Å². The molecule has 0 aliphatic rings. The number of amides is 1. The van der Waals surface area contributed by atoms with Crippen LogP contribution in [0.15, 0.2) is 0 Å². The summed E-state index contributed by atoms with van der Waals surface area (Å²) in [4.78, 5) is 11.5. The molecule has 0 aliphatic heterocycles. The second-order valence-corrected chi connectivity index (χ2v) is 7.46. The fourth-order valence-electron chi connectivity index (χ4n) is 1.13. The zero-order chi connectivity index (χ0) is 14.5. The molecule has 0 aromatic heterocycles. The van der Waals surface area contributed by atoms with Gasteiger partial charge in [0.05, 0.1) is 6.54 Å². The van der Waals surface area contributed by atoms with E-state index in [1.54, 1.807) is 10.8 Å². The molecule has 0 fully saturated rings. The first-order valence-electron chi connectivity index (χ1n) is 6.75. The third-order valence-electron chi connectivity index (χ3n) is 2.00. The van der Waals surface area contributed by atoms with E-state index in [4.69, 9.17) is 0 Å². The van der Waals surface area contributed by atoms with Crippen LogP contribution in [0.5, 0.6) is 0 Å². The van der Waals surface area contributed by atoms with E-state index in [0.29, 0.717) is 24.9 Å². The zero-order valence-electron chi connectivity index (χ0n) is 12.4. The van der Waals surface area contributed by atoms with E-state index in [2.05, 4.69) is 36.3 Å². The van der Waals surface area contributed by atoms with E-state index in [0.717, 1.165) is 18.1 Å². The minimum atomic E-state index is 0.0893. The van der Waals surface area contributed by atoms with Gasteiger partial charge in [-0.1, -0.05) is 61.1 Å². The number of hydrogen-bond acceptors (Lipinski definition) is 4. The minimum Gasteiger partial charge on any atom is -0.345 e. The highest BCUT2D eigenvalue weighted by atomic mass is 33.1.